The molecule has 0 saturated heterocycles. The standard InChI is InChI=1S/C33H40O10/c1-20(2)40-30(34)28(31(35)41-21(3)4)17-24-9-13-26(14-10-24)38-19-39-27-15-11-25(12-16-27)18-29(32(36)42-22(5)6)33(37)43-23(7)8/h9-18,20-23H,19H2,1-8H3. The molecule has 0 aliphatic rings. The van der Waals surface area contributed by atoms with Gasteiger partial charge in [0, 0.05) is 0 Å². The number of rotatable bonds is 14. The lowest BCUT2D eigenvalue weighted by molar-refractivity contribution is -0.152. The molecule has 0 aliphatic heterocycles. The summed E-state index contributed by atoms with van der Waals surface area (Å²) >= 11 is 0. The first kappa shape index (κ1) is 34.6. The molecule has 2 aromatic rings. The molecule has 0 fully saturated rings. The van der Waals surface area contributed by atoms with Crippen LogP contribution >= 0.6 is 0 Å². The minimum atomic E-state index is -0.766. The molecule has 2 rings (SSSR count). The Kier molecular flexibility index (Phi) is 13.5. The zero-order chi connectivity index (χ0) is 32.1. The summed E-state index contributed by atoms with van der Waals surface area (Å²) in [6, 6.07) is 13.4. The van der Waals surface area contributed by atoms with Gasteiger partial charge in [-0.25, -0.2) is 19.2 Å². The van der Waals surface area contributed by atoms with Crippen molar-refractivity contribution in [1.29, 1.82) is 0 Å². The molecule has 0 radical (unpaired) electrons. The number of esters is 4. The van der Waals surface area contributed by atoms with Gasteiger partial charge in [0.1, 0.15) is 22.6 Å². The third kappa shape index (κ3) is 12.4. The zero-order valence-electron chi connectivity index (χ0n) is 25.9. The molecule has 0 saturated carbocycles. The molecular formula is C33H40O10. The molecular weight excluding hydrogens is 556 g/mol. The quantitative estimate of drug-likeness (QED) is 0.0672. The molecule has 232 valence electrons. The van der Waals surface area contributed by atoms with Crippen molar-refractivity contribution in [2.45, 2.75) is 79.8 Å². The van der Waals surface area contributed by atoms with Gasteiger partial charge in [0.2, 0.25) is 6.79 Å². The fourth-order valence-corrected chi connectivity index (χ4v) is 3.33. The number of ether oxygens (including phenoxy) is 6. The second-order valence-corrected chi connectivity index (χ2v) is 10.5. The van der Waals surface area contributed by atoms with Crippen LogP contribution in [0.2, 0.25) is 0 Å². The second-order valence-electron chi connectivity index (χ2n) is 10.5. The molecule has 0 spiro atoms. The van der Waals surface area contributed by atoms with E-state index in [2.05, 4.69) is 0 Å². The smallest absolute Gasteiger partial charge is 0.345 e. The summed E-state index contributed by atoms with van der Waals surface area (Å²) in [6.07, 6.45) is 1.22. The molecule has 0 unspecified atom stereocenters. The van der Waals surface area contributed by atoms with E-state index >= 15 is 0 Å². The topological polar surface area (TPSA) is 124 Å². The Morgan fingerprint density at radius 1 is 0.488 bits per heavy atom. The van der Waals surface area contributed by atoms with Gasteiger partial charge in [-0.05, 0) is 103 Å². The van der Waals surface area contributed by atoms with Crippen molar-refractivity contribution in [1.82, 2.24) is 0 Å². The van der Waals surface area contributed by atoms with E-state index in [4.69, 9.17) is 28.4 Å². The summed E-state index contributed by atoms with van der Waals surface area (Å²) in [7, 11) is 0. The second kappa shape index (κ2) is 16.7. The summed E-state index contributed by atoms with van der Waals surface area (Å²) in [6.45, 7) is 13.4. The van der Waals surface area contributed by atoms with Crippen LogP contribution in [0.4, 0.5) is 0 Å². The number of benzene rings is 2. The Morgan fingerprint density at radius 2 is 0.744 bits per heavy atom. The molecule has 0 N–H and O–H groups in total. The van der Waals surface area contributed by atoms with Gasteiger partial charge < -0.3 is 28.4 Å². The minimum absolute atomic E-state index is 0.107. The lowest BCUT2D eigenvalue weighted by atomic mass is 10.1. The van der Waals surface area contributed by atoms with Gasteiger partial charge in [-0.2, -0.15) is 0 Å². The highest BCUT2D eigenvalue weighted by molar-refractivity contribution is 6.18. The number of hydrogen-bond acceptors (Lipinski definition) is 10. The third-order valence-corrected chi connectivity index (χ3v) is 5.08. The van der Waals surface area contributed by atoms with Crippen LogP contribution in [-0.4, -0.2) is 55.1 Å². The highest BCUT2D eigenvalue weighted by Gasteiger charge is 2.24. The summed E-state index contributed by atoms with van der Waals surface area (Å²) in [5.74, 6) is -2.08. The third-order valence-electron chi connectivity index (χ3n) is 5.08. The van der Waals surface area contributed by atoms with Crippen LogP contribution in [0.1, 0.15) is 66.5 Å². The Hall–Kier alpha value is -4.60. The highest BCUT2D eigenvalue weighted by atomic mass is 16.7. The van der Waals surface area contributed by atoms with Crippen molar-refractivity contribution < 1.29 is 47.6 Å². The molecule has 0 amide bonds. The average molecular weight is 597 g/mol. The van der Waals surface area contributed by atoms with Crippen LogP contribution in [0.5, 0.6) is 11.5 Å². The Morgan fingerprint density at radius 3 is 0.977 bits per heavy atom. The molecule has 0 atom stereocenters. The molecule has 10 heteroatoms. The number of carbonyl (C=O) groups excluding carboxylic acids is 4. The van der Waals surface area contributed by atoms with Crippen LogP contribution in [0, 0.1) is 0 Å². The maximum Gasteiger partial charge on any atom is 0.345 e. The molecule has 0 bridgehead atoms. The van der Waals surface area contributed by atoms with Crippen LogP contribution in [0.25, 0.3) is 12.2 Å². The predicted octanol–water partition coefficient (Wildman–Crippen LogP) is 5.68. The SMILES string of the molecule is CC(C)OC(=O)C(=Cc1ccc(OCOc2ccc(C=C(C(=O)OC(C)C)C(=O)OC(C)C)cc2)cc1)C(=O)OC(C)C. The van der Waals surface area contributed by atoms with Gasteiger partial charge in [-0.3, -0.25) is 0 Å². The van der Waals surface area contributed by atoms with Crippen molar-refractivity contribution in [3.05, 3.63) is 70.8 Å². The van der Waals surface area contributed by atoms with Crippen LogP contribution < -0.4 is 9.47 Å². The molecule has 0 heterocycles. The first-order valence-corrected chi connectivity index (χ1v) is 14.0. The summed E-state index contributed by atoms with van der Waals surface area (Å²) in [4.78, 5) is 49.8. The zero-order valence-corrected chi connectivity index (χ0v) is 25.9. The average Bonchev–Trinajstić information content (AvgIpc) is 2.90. The highest BCUT2D eigenvalue weighted by Crippen LogP contribution is 2.19. The van der Waals surface area contributed by atoms with Crippen molar-refractivity contribution >= 4 is 36.0 Å². The van der Waals surface area contributed by atoms with E-state index in [1.165, 1.54) is 12.2 Å². The molecule has 43 heavy (non-hydrogen) atoms. The maximum atomic E-state index is 12.5. The lowest BCUT2D eigenvalue weighted by Gasteiger charge is -2.13. The fourth-order valence-electron chi connectivity index (χ4n) is 3.33. The van der Waals surface area contributed by atoms with Gasteiger partial charge in [0.05, 0.1) is 24.4 Å². The monoisotopic (exact) mass is 596 g/mol. The molecule has 0 aliphatic carbocycles. The van der Waals surface area contributed by atoms with E-state index in [0.29, 0.717) is 22.6 Å². The first-order valence-electron chi connectivity index (χ1n) is 14.0. The van der Waals surface area contributed by atoms with Gasteiger partial charge in [0.25, 0.3) is 0 Å². The maximum absolute atomic E-state index is 12.5. The van der Waals surface area contributed by atoms with Gasteiger partial charge in [-0.15, -0.1) is 0 Å². The Bertz CT molecular complexity index is 1150. The number of carbonyl (C=O) groups is 4. The molecule has 10 nitrogen and oxygen atoms in total. The van der Waals surface area contributed by atoms with E-state index in [0.717, 1.165) is 0 Å². The normalized spacial score (nSPS) is 10.7. The molecule has 0 aromatic heterocycles. The summed E-state index contributed by atoms with van der Waals surface area (Å²) in [5.41, 5.74) is 0.723. The van der Waals surface area contributed by atoms with Crippen LogP contribution in [-0.2, 0) is 38.1 Å². The van der Waals surface area contributed by atoms with E-state index in [1.54, 1.807) is 104 Å². The van der Waals surface area contributed by atoms with Crippen molar-refractivity contribution in [3.63, 3.8) is 0 Å². The fraction of sp³-hybridized carbons (Fsp3) is 0.394. The first-order chi connectivity index (χ1) is 20.2. The predicted molar refractivity (Wildman–Crippen MR) is 160 cm³/mol. The van der Waals surface area contributed by atoms with Crippen molar-refractivity contribution in [2.24, 2.45) is 0 Å². The van der Waals surface area contributed by atoms with Crippen LogP contribution in [0.3, 0.4) is 0 Å². The minimum Gasteiger partial charge on any atom is -0.459 e. The van der Waals surface area contributed by atoms with Crippen molar-refractivity contribution in [2.75, 3.05) is 6.79 Å². The van der Waals surface area contributed by atoms with Crippen molar-refractivity contribution in [3.8, 4) is 11.5 Å². The van der Waals surface area contributed by atoms with E-state index < -0.39 is 48.3 Å². The summed E-state index contributed by atoms with van der Waals surface area (Å²) < 4.78 is 32.0. The van der Waals surface area contributed by atoms with Gasteiger partial charge in [0.15, 0.2) is 0 Å². The number of hydrogen-bond donors (Lipinski definition) is 0. The van der Waals surface area contributed by atoms with Gasteiger partial charge in [-0.1, -0.05) is 24.3 Å². The lowest BCUT2D eigenvalue weighted by Crippen LogP contribution is -2.23. The van der Waals surface area contributed by atoms with Crippen LogP contribution in [0.15, 0.2) is 59.7 Å². The van der Waals surface area contributed by atoms with E-state index in [1.807, 2.05) is 0 Å². The Balaban J connectivity index is 2.06. The molecule has 2 aromatic carbocycles. The van der Waals surface area contributed by atoms with Gasteiger partial charge >= 0.3 is 23.9 Å². The Labute approximate surface area is 252 Å². The van der Waals surface area contributed by atoms with E-state index in [-0.39, 0.29) is 17.9 Å². The summed E-state index contributed by atoms with van der Waals surface area (Å²) in [5, 5.41) is 0. The van der Waals surface area contributed by atoms with E-state index in [9.17, 15) is 19.2 Å². The largest absolute Gasteiger partial charge is 0.459 e.